The third-order valence-electron chi connectivity index (χ3n) is 4.14. The van der Waals surface area contributed by atoms with Gasteiger partial charge in [-0.2, -0.15) is 0 Å². The number of ether oxygens (including phenoxy) is 1. The fourth-order valence-electron chi connectivity index (χ4n) is 2.71. The van der Waals surface area contributed by atoms with E-state index < -0.39 is 0 Å². The lowest BCUT2D eigenvalue weighted by Gasteiger charge is -2.09. The van der Waals surface area contributed by atoms with E-state index in [-0.39, 0.29) is 12.6 Å². The molecule has 0 radical (unpaired) electrons. The largest absolute Gasteiger partial charge is 0.457 e. The molecule has 130 valence electrons. The van der Waals surface area contributed by atoms with Crippen LogP contribution in [0.2, 0.25) is 0 Å². The molecule has 0 aliphatic carbocycles. The molecule has 3 aromatic carbocycles. The molecule has 0 atom stereocenters. The molecule has 0 aliphatic rings. The Balaban J connectivity index is 1.71. The van der Waals surface area contributed by atoms with Gasteiger partial charge >= 0.3 is 5.97 Å². The molecule has 0 heterocycles. The number of hydrogen-bond acceptors (Lipinski definition) is 2. The fourth-order valence-corrected chi connectivity index (χ4v) is 2.71. The van der Waals surface area contributed by atoms with Crippen molar-refractivity contribution in [2.45, 2.75) is 19.4 Å². The van der Waals surface area contributed by atoms with Crippen molar-refractivity contribution in [3.8, 4) is 0 Å². The second kappa shape index (κ2) is 9.38. The van der Waals surface area contributed by atoms with Gasteiger partial charge in [0.2, 0.25) is 0 Å². The number of hydrogen-bond donors (Lipinski definition) is 0. The van der Waals surface area contributed by atoms with Gasteiger partial charge in [0.15, 0.2) is 0 Å². The van der Waals surface area contributed by atoms with E-state index in [4.69, 9.17) is 4.74 Å². The minimum absolute atomic E-state index is 0.256. The summed E-state index contributed by atoms with van der Waals surface area (Å²) in [4.78, 5) is 12.7. The summed E-state index contributed by atoms with van der Waals surface area (Å²) in [5, 5.41) is 0. The van der Waals surface area contributed by atoms with Crippen molar-refractivity contribution in [2.24, 2.45) is 0 Å². The van der Waals surface area contributed by atoms with Crippen molar-refractivity contribution < 1.29 is 9.53 Å². The summed E-state index contributed by atoms with van der Waals surface area (Å²) in [6, 6.07) is 29.9. The van der Waals surface area contributed by atoms with E-state index in [2.05, 4.69) is 12.1 Å². The number of carbonyl (C=O) groups excluding carboxylic acids is 1. The highest BCUT2D eigenvalue weighted by atomic mass is 16.5. The van der Waals surface area contributed by atoms with Crippen molar-refractivity contribution >= 4 is 5.97 Å². The first-order valence-corrected chi connectivity index (χ1v) is 8.79. The Hall–Kier alpha value is -3.13. The molecule has 2 heteroatoms. The van der Waals surface area contributed by atoms with Crippen molar-refractivity contribution in [3.63, 3.8) is 0 Å². The number of rotatable bonds is 7. The third kappa shape index (κ3) is 5.45. The normalized spacial score (nSPS) is 11.2. The molecule has 0 saturated carbocycles. The van der Waals surface area contributed by atoms with E-state index in [1.165, 1.54) is 5.56 Å². The van der Waals surface area contributed by atoms with Crippen LogP contribution >= 0.6 is 0 Å². The Morgan fingerprint density at radius 1 is 0.692 bits per heavy atom. The number of benzene rings is 3. The first-order chi connectivity index (χ1) is 12.8. The third-order valence-corrected chi connectivity index (χ3v) is 4.14. The zero-order chi connectivity index (χ0) is 18.0. The Labute approximate surface area is 154 Å². The van der Waals surface area contributed by atoms with E-state index in [0.717, 1.165) is 11.1 Å². The van der Waals surface area contributed by atoms with Crippen molar-refractivity contribution in [1.82, 2.24) is 0 Å². The molecule has 3 rings (SSSR count). The maximum absolute atomic E-state index is 12.7. The molecule has 0 N–H and O–H groups in total. The van der Waals surface area contributed by atoms with Gasteiger partial charge < -0.3 is 4.74 Å². The summed E-state index contributed by atoms with van der Waals surface area (Å²) in [5.74, 6) is -0.256. The lowest BCUT2D eigenvalue weighted by molar-refractivity contribution is -0.140. The van der Waals surface area contributed by atoms with Gasteiger partial charge in [0.25, 0.3) is 0 Å². The fraction of sp³-hybridized carbons (Fsp3) is 0.125. The zero-order valence-electron chi connectivity index (χ0n) is 14.7. The summed E-state index contributed by atoms with van der Waals surface area (Å²) in [6.45, 7) is 0.289. The Bertz CT molecular complexity index is 837. The first-order valence-electron chi connectivity index (χ1n) is 8.79. The average Bonchev–Trinajstić information content (AvgIpc) is 2.71. The van der Waals surface area contributed by atoms with Gasteiger partial charge in [-0.25, -0.2) is 4.79 Å². The van der Waals surface area contributed by atoms with Crippen molar-refractivity contribution in [3.05, 3.63) is 119 Å². The molecule has 0 aromatic heterocycles. The number of esters is 1. The van der Waals surface area contributed by atoms with Crippen LogP contribution in [0, 0.1) is 0 Å². The van der Waals surface area contributed by atoms with E-state index in [1.807, 2.05) is 84.9 Å². The predicted molar refractivity (Wildman–Crippen MR) is 105 cm³/mol. The van der Waals surface area contributed by atoms with Gasteiger partial charge in [-0.05, 0) is 23.1 Å². The van der Waals surface area contributed by atoms with Gasteiger partial charge in [0.1, 0.15) is 6.61 Å². The van der Waals surface area contributed by atoms with E-state index >= 15 is 0 Å². The molecule has 0 amide bonds. The highest BCUT2D eigenvalue weighted by Crippen LogP contribution is 2.13. The minimum atomic E-state index is -0.256. The summed E-state index contributed by atoms with van der Waals surface area (Å²) < 4.78 is 5.54. The molecular formula is C24H22O2. The highest BCUT2D eigenvalue weighted by molar-refractivity contribution is 5.89. The van der Waals surface area contributed by atoms with Gasteiger partial charge in [-0.15, -0.1) is 0 Å². The Morgan fingerprint density at radius 2 is 1.19 bits per heavy atom. The van der Waals surface area contributed by atoms with Crippen molar-refractivity contribution in [1.29, 1.82) is 0 Å². The predicted octanol–water partition coefficient (Wildman–Crippen LogP) is 5.14. The SMILES string of the molecule is O=C(OCc1ccccc1)C(=CCc1ccccc1)Cc1ccccc1. The summed E-state index contributed by atoms with van der Waals surface area (Å²) in [7, 11) is 0. The summed E-state index contributed by atoms with van der Waals surface area (Å²) >= 11 is 0. The van der Waals surface area contributed by atoms with Crippen LogP contribution in [0.4, 0.5) is 0 Å². The van der Waals surface area contributed by atoms with Crippen LogP contribution in [0.3, 0.4) is 0 Å². The minimum Gasteiger partial charge on any atom is -0.457 e. The maximum atomic E-state index is 12.7. The topological polar surface area (TPSA) is 26.3 Å². The number of carbonyl (C=O) groups is 1. The first kappa shape index (κ1) is 17.7. The smallest absolute Gasteiger partial charge is 0.334 e. The van der Waals surface area contributed by atoms with Crippen LogP contribution in [0.25, 0.3) is 0 Å². The zero-order valence-corrected chi connectivity index (χ0v) is 14.7. The van der Waals surface area contributed by atoms with E-state index in [0.29, 0.717) is 18.4 Å². The molecule has 0 unspecified atom stereocenters. The molecule has 0 spiro atoms. The van der Waals surface area contributed by atoms with Gasteiger partial charge in [0, 0.05) is 12.0 Å². The van der Waals surface area contributed by atoms with Crippen LogP contribution < -0.4 is 0 Å². The number of allylic oxidation sites excluding steroid dienone is 1. The molecule has 0 saturated heterocycles. The van der Waals surface area contributed by atoms with E-state index in [1.54, 1.807) is 0 Å². The molecule has 3 aromatic rings. The van der Waals surface area contributed by atoms with E-state index in [9.17, 15) is 4.79 Å². The van der Waals surface area contributed by atoms with Crippen LogP contribution in [0.1, 0.15) is 16.7 Å². The molecule has 26 heavy (non-hydrogen) atoms. The van der Waals surface area contributed by atoms with Crippen molar-refractivity contribution in [2.75, 3.05) is 0 Å². The maximum Gasteiger partial charge on any atom is 0.334 e. The second-order valence-corrected chi connectivity index (χ2v) is 6.14. The molecule has 2 nitrogen and oxygen atoms in total. The van der Waals surface area contributed by atoms with Gasteiger partial charge in [-0.1, -0.05) is 97.1 Å². The molecule has 0 aliphatic heterocycles. The summed E-state index contributed by atoms with van der Waals surface area (Å²) in [6.07, 6.45) is 3.26. The van der Waals surface area contributed by atoms with Crippen LogP contribution in [-0.4, -0.2) is 5.97 Å². The standard InChI is InChI=1S/C24H22O2/c25-24(26-19-22-14-8-3-9-15-22)23(18-21-12-6-2-7-13-21)17-16-20-10-4-1-5-11-20/h1-15,17H,16,18-19H2. The highest BCUT2D eigenvalue weighted by Gasteiger charge is 2.12. The van der Waals surface area contributed by atoms with Crippen LogP contribution in [0.15, 0.2) is 103 Å². The monoisotopic (exact) mass is 342 g/mol. The van der Waals surface area contributed by atoms with Crippen LogP contribution in [0.5, 0.6) is 0 Å². The lowest BCUT2D eigenvalue weighted by Crippen LogP contribution is -2.11. The molecule has 0 bridgehead atoms. The molecule has 0 fully saturated rings. The lowest BCUT2D eigenvalue weighted by atomic mass is 10.0. The average molecular weight is 342 g/mol. The quantitative estimate of drug-likeness (QED) is 0.439. The van der Waals surface area contributed by atoms with Gasteiger partial charge in [0.05, 0.1) is 0 Å². The Kier molecular flexibility index (Phi) is 6.38. The van der Waals surface area contributed by atoms with Gasteiger partial charge in [-0.3, -0.25) is 0 Å². The molecular weight excluding hydrogens is 320 g/mol. The Morgan fingerprint density at radius 3 is 1.77 bits per heavy atom. The van der Waals surface area contributed by atoms with Crippen LogP contribution in [-0.2, 0) is 29.0 Å². The summed E-state index contributed by atoms with van der Waals surface area (Å²) in [5.41, 5.74) is 3.95. The second-order valence-electron chi connectivity index (χ2n) is 6.14.